The van der Waals surface area contributed by atoms with E-state index in [1.807, 2.05) is 0 Å². The third-order valence-electron chi connectivity index (χ3n) is 4.85. The Hall–Kier alpha value is -2.63. The maximum Gasteiger partial charge on any atom is 0.416 e. The lowest BCUT2D eigenvalue weighted by Gasteiger charge is -2.25. The number of nitrogens with zero attached hydrogens (tertiary/aromatic N) is 3. The number of carbonyl (C=O) groups excluding carboxylic acids is 1. The number of aromatic nitrogens is 1. The van der Waals surface area contributed by atoms with Crippen molar-refractivity contribution in [1.82, 2.24) is 14.6 Å². The first kappa shape index (κ1) is 19.7. The lowest BCUT2D eigenvalue weighted by Crippen LogP contribution is -2.46. The minimum atomic E-state index is -4.65. The summed E-state index contributed by atoms with van der Waals surface area (Å²) in [6.45, 7) is -0.141. The quantitative estimate of drug-likeness (QED) is 0.763. The molecule has 4 rings (SSSR count). The van der Waals surface area contributed by atoms with Crippen molar-refractivity contribution in [3.05, 3.63) is 59.9 Å². The molecule has 2 unspecified atom stereocenters. The molecule has 152 valence electrons. The highest BCUT2D eigenvalue weighted by Gasteiger charge is 2.50. The van der Waals surface area contributed by atoms with E-state index in [2.05, 4.69) is 15.3 Å². The second kappa shape index (κ2) is 6.71. The predicted molar refractivity (Wildman–Crippen MR) is 96.4 cm³/mol. The Morgan fingerprint density at radius 3 is 2.62 bits per heavy atom. The summed E-state index contributed by atoms with van der Waals surface area (Å²) < 4.78 is 65.6. The first-order valence-electron chi connectivity index (χ1n) is 8.61. The zero-order valence-electron chi connectivity index (χ0n) is 14.8. The topological polar surface area (TPSA) is 97.7 Å². The lowest BCUT2D eigenvalue weighted by atomic mass is 10.1. The number of rotatable bonds is 3. The Balaban J connectivity index is 1.61. The molecule has 2 aliphatic heterocycles. The first-order chi connectivity index (χ1) is 13.6. The van der Waals surface area contributed by atoms with E-state index in [0.29, 0.717) is 11.6 Å². The Morgan fingerprint density at radius 2 is 1.93 bits per heavy atom. The number of aliphatic imine (C=N–C) groups is 1. The summed E-state index contributed by atoms with van der Waals surface area (Å²) in [5, 5.41) is 2.72. The molecule has 11 heteroatoms. The molecule has 1 aromatic carbocycles. The molecule has 2 aromatic rings. The largest absolute Gasteiger partial charge is 0.593 e. The van der Waals surface area contributed by atoms with Gasteiger partial charge in [0.25, 0.3) is 5.91 Å². The van der Waals surface area contributed by atoms with Crippen molar-refractivity contribution < 1.29 is 26.7 Å². The maximum absolute atomic E-state index is 12.9. The number of carbonyl (C=O) groups is 1. The van der Waals surface area contributed by atoms with Gasteiger partial charge in [-0.25, -0.2) is 4.99 Å². The molecule has 29 heavy (non-hydrogen) atoms. The first-order valence-corrected chi connectivity index (χ1v) is 10.0. The van der Waals surface area contributed by atoms with Gasteiger partial charge in [-0.2, -0.15) is 13.2 Å². The van der Waals surface area contributed by atoms with Crippen molar-refractivity contribution in [3.8, 4) is 0 Å². The molecular weight excluding hydrogens is 409 g/mol. The summed E-state index contributed by atoms with van der Waals surface area (Å²) in [6, 6.07) is 6.83. The van der Waals surface area contributed by atoms with Crippen LogP contribution in [-0.4, -0.2) is 44.2 Å². The molecule has 2 atom stereocenters. The average Bonchev–Trinajstić information content (AvgIpc) is 3.25. The molecular formula is C18H15F3N4O3S. The highest BCUT2D eigenvalue weighted by atomic mass is 32.3. The third kappa shape index (κ3) is 3.56. The van der Waals surface area contributed by atoms with Crippen molar-refractivity contribution in [2.24, 2.45) is 4.99 Å². The fourth-order valence-corrected chi connectivity index (χ4v) is 4.95. The van der Waals surface area contributed by atoms with Crippen LogP contribution in [0.1, 0.15) is 17.5 Å². The van der Waals surface area contributed by atoms with Crippen LogP contribution in [0.15, 0.2) is 58.7 Å². The minimum Gasteiger partial charge on any atom is -0.593 e. The SMILES string of the molecule is O=C1NC2(CCN([S+](=O)([O-])c3cccc(C(F)(F)F)c3)C2)N=C1c1ccncc1. The molecule has 1 fully saturated rings. The molecule has 1 amide bonds. The van der Waals surface area contributed by atoms with E-state index in [1.165, 1.54) is 12.4 Å². The molecule has 1 saturated heterocycles. The molecule has 0 saturated carbocycles. The van der Waals surface area contributed by atoms with Crippen molar-refractivity contribution in [1.29, 1.82) is 0 Å². The van der Waals surface area contributed by atoms with Gasteiger partial charge in [-0.15, -0.1) is 4.31 Å². The number of halogens is 3. The van der Waals surface area contributed by atoms with Gasteiger partial charge in [-0.05, 0) is 24.3 Å². The highest BCUT2D eigenvalue weighted by molar-refractivity contribution is 7.95. The van der Waals surface area contributed by atoms with Gasteiger partial charge in [0.1, 0.15) is 5.71 Å². The van der Waals surface area contributed by atoms with Crippen LogP contribution in [0.4, 0.5) is 13.2 Å². The fraction of sp³-hybridized carbons (Fsp3) is 0.278. The number of pyridine rings is 1. The Labute approximate surface area is 165 Å². The van der Waals surface area contributed by atoms with Gasteiger partial charge >= 0.3 is 6.18 Å². The Bertz CT molecular complexity index is 1040. The zero-order chi connectivity index (χ0) is 20.9. The molecule has 1 aromatic heterocycles. The Morgan fingerprint density at radius 1 is 1.21 bits per heavy atom. The van der Waals surface area contributed by atoms with Gasteiger partial charge in [0.2, 0.25) is 0 Å². The number of hydrogen-bond acceptors (Lipinski definition) is 5. The van der Waals surface area contributed by atoms with Crippen molar-refractivity contribution in [3.63, 3.8) is 0 Å². The molecule has 1 spiro atoms. The zero-order valence-corrected chi connectivity index (χ0v) is 15.7. The maximum atomic E-state index is 12.9. The lowest BCUT2D eigenvalue weighted by molar-refractivity contribution is -0.137. The fourth-order valence-electron chi connectivity index (χ4n) is 3.41. The minimum absolute atomic E-state index is 0.0198. The van der Waals surface area contributed by atoms with Crippen LogP contribution >= 0.6 is 0 Å². The van der Waals surface area contributed by atoms with Crippen LogP contribution in [-0.2, 0) is 25.6 Å². The molecule has 3 heterocycles. The number of nitrogens with one attached hydrogen (secondary N) is 1. The van der Waals surface area contributed by atoms with E-state index in [-0.39, 0.29) is 25.2 Å². The monoisotopic (exact) mass is 424 g/mol. The highest BCUT2D eigenvalue weighted by Crippen LogP contribution is 2.36. The summed E-state index contributed by atoms with van der Waals surface area (Å²) in [7, 11) is -4.18. The predicted octanol–water partition coefficient (Wildman–Crippen LogP) is 2.03. The standard InChI is InChI=1S/C18H15F3N4O3S/c19-18(20,21)13-2-1-3-14(10-13)29(27,28)25-9-6-17(11-25)23-15(16(26)24-17)12-4-7-22-8-5-12/h1-5,7-8,10H,6,9,11H2,(H-,24,26,27,28). The van der Waals surface area contributed by atoms with Crippen LogP contribution in [0.3, 0.4) is 0 Å². The average molecular weight is 424 g/mol. The summed E-state index contributed by atoms with van der Waals surface area (Å²) >= 11 is 0. The van der Waals surface area contributed by atoms with E-state index in [1.54, 1.807) is 12.1 Å². The summed E-state index contributed by atoms with van der Waals surface area (Å²) in [6.07, 6.45) is -1.42. The normalized spacial score (nSPS) is 24.4. The van der Waals surface area contributed by atoms with Gasteiger partial charge in [0.05, 0.1) is 12.1 Å². The van der Waals surface area contributed by atoms with Crippen LogP contribution in [0, 0.1) is 0 Å². The molecule has 0 aliphatic carbocycles. The van der Waals surface area contributed by atoms with E-state index < -0.39 is 38.6 Å². The molecule has 0 bridgehead atoms. The summed E-state index contributed by atoms with van der Waals surface area (Å²) in [5.41, 5.74) is -1.45. The van der Waals surface area contributed by atoms with Crippen LogP contribution in [0.2, 0.25) is 0 Å². The van der Waals surface area contributed by atoms with E-state index in [0.717, 1.165) is 22.5 Å². The van der Waals surface area contributed by atoms with E-state index in [4.69, 9.17) is 0 Å². The molecule has 2 aliphatic rings. The van der Waals surface area contributed by atoms with Crippen molar-refractivity contribution >= 4 is 22.0 Å². The van der Waals surface area contributed by atoms with Crippen molar-refractivity contribution in [2.75, 3.05) is 13.1 Å². The smallest absolute Gasteiger partial charge is 0.416 e. The van der Waals surface area contributed by atoms with Crippen LogP contribution in [0.25, 0.3) is 0 Å². The van der Waals surface area contributed by atoms with Gasteiger partial charge in [0, 0.05) is 37.0 Å². The van der Waals surface area contributed by atoms with Crippen LogP contribution < -0.4 is 5.32 Å². The van der Waals surface area contributed by atoms with Crippen molar-refractivity contribution in [2.45, 2.75) is 23.2 Å². The van der Waals surface area contributed by atoms with Crippen LogP contribution in [0.5, 0.6) is 0 Å². The van der Waals surface area contributed by atoms with Gasteiger partial charge in [-0.3, -0.25) is 9.78 Å². The van der Waals surface area contributed by atoms with Gasteiger partial charge < -0.3 is 9.87 Å². The molecule has 0 radical (unpaired) electrons. The van der Waals surface area contributed by atoms with Gasteiger partial charge in [-0.1, -0.05) is 10.3 Å². The van der Waals surface area contributed by atoms with Gasteiger partial charge in [0.15, 0.2) is 21.0 Å². The summed E-state index contributed by atoms with van der Waals surface area (Å²) in [5.74, 6) is -0.436. The number of amides is 1. The molecule has 7 nitrogen and oxygen atoms in total. The summed E-state index contributed by atoms with van der Waals surface area (Å²) in [4.78, 5) is 20.2. The third-order valence-corrected chi connectivity index (χ3v) is 6.69. The number of hydrogen-bond donors (Lipinski definition) is 1. The second-order valence-electron chi connectivity index (χ2n) is 6.80. The number of sulfonamides is 1. The Kier molecular flexibility index (Phi) is 4.56. The molecule has 1 N–H and O–H groups in total. The number of alkyl halides is 3. The van der Waals surface area contributed by atoms with E-state index in [9.17, 15) is 26.7 Å². The van der Waals surface area contributed by atoms with E-state index >= 15 is 0 Å². The second-order valence-corrected chi connectivity index (χ2v) is 8.73. The number of benzene rings is 1.